The first-order chi connectivity index (χ1) is 28.8. The molecular formula is C56H50N2O. The van der Waals surface area contributed by atoms with Crippen molar-refractivity contribution in [2.45, 2.75) is 47.0 Å². The molecule has 0 fully saturated rings. The molecule has 0 radical (unpaired) electrons. The molecule has 0 N–H and O–H groups in total. The number of carbonyl (C=O) groups excluding carboxylic acids is 1. The fourth-order valence-electron chi connectivity index (χ4n) is 8.68. The van der Waals surface area contributed by atoms with Crippen LogP contribution in [0.25, 0.3) is 62.1 Å². The molecule has 1 heterocycles. The zero-order valence-corrected chi connectivity index (χ0v) is 34.8. The molecule has 0 bridgehead atoms. The summed E-state index contributed by atoms with van der Waals surface area (Å²) in [5.41, 5.74) is 18.9. The minimum absolute atomic E-state index is 0.219. The zero-order valence-electron chi connectivity index (χ0n) is 34.8. The first kappa shape index (κ1) is 38.9. The van der Waals surface area contributed by atoms with E-state index in [0.717, 1.165) is 62.5 Å². The van der Waals surface area contributed by atoms with Gasteiger partial charge in [0.2, 0.25) is 0 Å². The Morgan fingerprint density at radius 2 is 1.22 bits per heavy atom. The first-order valence-corrected chi connectivity index (χ1v) is 20.6. The SMILES string of the molecule is C=Cc1c(/C=C\C)c2cc(-c3ccc(N(c4ccc(-c5ccccc5)cc4)c4ccc5c(c4)C(C)(C)c4ccc(C=O)cc4-5)cc3)ccc2n1-c1ccc(C)cc1.CC. The fourth-order valence-corrected chi connectivity index (χ4v) is 8.68. The first-order valence-electron chi connectivity index (χ1n) is 20.6. The molecule has 9 rings (SSSR count). The van der Waals surface area contributed by atoms with Crippen molar-refractivity contribution in [2.75, 3.05) is 4.90 Å². The fraction of sp³-hybridized carbons (Fsp3) is 0.125. The van der Waals surface area contributed by atoms with Crippen LogP contribution in [0.2, 0.25) is 0 Å². The summed E-state index contributed by atoms with van der Waals surface area (Å²) in [6, 6.07) is 56.6. The molecule has 290 valence electrons. The third kappa shape index (κ3) is 6.93. The Bertz CT molecular complexity index is 2840. The molecule has 1 aliphatic rings. The summed E-state index contributed by atoms with van der Waals surface area (Å²) in [4.78, 5) is 14.1. The average Bonchev–Trinajstić information content (AvgIpc) is 3.71. The summed E-state index contributed by atoms with van der Waals surface area (Å²) in [7, 11) is 0. The number of nitrogens with zero attached hydrogens (tertiary/aromatic N) is 2. The number of carbonyl (C=O) groups is 1. The van der Waals surface area contributed by atoms with E-state index in [4.69, 9.17) is 0 Å². The smallest absolute Gasteiger partial charge is 0.150 e. The van der Waals surface area contributed by atoms with E-state index >= 15 is 0 Å². The van der Waals surface area contributed by atoms with Crippen molar-refractivity contribution in [2.24, 2.45) is 0 Å². The molecule has 0 unspecified atom stereocenters. The van der Waals surface area contributed by atoms with Crippen LogP contribution in [0.15, 0.2) is 170 Å². The van der Waals surface area contributed by atoms with Crippen LogP contribution >= 0.6 is 0 Å². The second kappa shape index (κ2) is 16.1. The van der Waals surface area contributed by atoms with Gasteiger partial charge in [-0.05, 0) is 131 Å². The van der Waals surface area contributed by atoms with Crippen LogP contribution in [0.5, 0.6) is 0 Å². The normalized spacial score (nSPS) is 12.4. The lowest BCUT2D eigenvalue weighted by Gasteiger charge is -2.28. The minimum Gasteiger partial charge on any atom is -0.310 e. The number of aromatic nitrogens is 1. The summed E-state index contributed by atoms with van der Waals surface area (Å²) < 4.78 is 2.31. The number of anilines is 3. The van der Waals surface area contributed by atoms with E-state index in [0.29, 0.717) is 5.56 Å². The van der Waals surface area contributed by atoms with Gasteiger partial charge in [0, 0.05) is 44.7 Å². The van der Waals surface area contributed by atoms with Gasteiger partial charge in [0.1, 0.15) is 6.29 Å². The van der Waals surface area contributed by atoms with Crippen molar-refractivity contribution in [3.63, 3.8) is 0 Å². The maximum absolute atomic E-state index is 11.7. The molecule has 0 atom stereocenters. The lowest BCUT2D eigenvalue weighted by Crippen LogP contribution is -2.16. The van der Waals surface area contributed by atoms with Gasteiger partial charge >= 0.3 is 0 Å². The predicted molar refractivity (Wildman–Crippen MR) is 253 cm³/mol. The predicted octanol–water partition coefficient (Wildman–Crippen LogP) is 15.6. The topological polar surface area (TPSA) is 25.2 Å². The van der Waals surface area contributed by atoms with Gasteiger partial charge in [-0.1, -0.05) is 143 Å². The van der Waals surface area contributed by atoms with E-state index < -0.39 is 0 Å². The Hall–Kier alpha value is -6.97. The van der Waals surface area contributed by atoms with Crippen molar-refractivity contribution >= 4 is 46.4 Å². The second-order valence-electron chi connectivity index (χ2n) is 15.5. The molecule has 3 heteroatoms. The van der Waals surface area contributed by atoms with E-state index in [2.05, 4.69) is 201 Å². The van der Waals surface area contributed by atoms with Gasteiger partial charge in [0.25, 0.3) is 0 Å². The summed E-state index contributed by atoms with van der Waals surface area (Å²) in [6.07, 6.45) is 7.19. The molecular weight excluding hydrogens is 717 g/mol. The molecule has 0 spiro atoms. The highest BCUT2D eigenvalue weighted by atomic mass is 16.1. The average molecular weight is 767 g/mol. The summed E-state index contributed by atoms with van der Waals surface area (Å²) in [5.74, 6) is 0. The number of aryl methyl sites for hydroxylation is 1. The summed E-state index contributed by atoms with van der Waals surface area (Å²) >= 11 is 0. The number of hydrogen-bond donors (Lipinski definition) is 0. The van der Waals surface area contributed by atoms with E-state index in [1.54, 1.807) is 0 Å². The second-order valence-corrected chi connectivity index (χ2v) is 15.5. The molecule has 8 aromatic rings. The molecule has 3 nitrogen and oxygen atoms in total. The van der Waals surface area contributed by atoms with Gasteiger partial charge in [-0.25, -0.2) is 0 Å². The Morgan fingerprint density at radius 3 is 1.85 bits per heavy atom. The van der Waals surface area contributed by atoms with Gasteiger partial charge in [-0.3, -0.25) is 4.79 Å². The quantitative estimate of drug-likeness (QED) is 0.137. The standard InChI is InChI=1S/C54H44N2O.C2H6/c1-6-11-47-49-33-41(21-31-53(49)56(52(47)7-2)44-22-14-36(3)15-23-44)40-19-26-43(27-20-40)55(42-24-17-39(18-25-42)38-12-9-8-10-13-38)45-28-29-46-48-32-37(35-57)16-30-50(48)54(4,5)51(46)34-45;1-2/h6-35H,2H2,1,3-5H3;1-2H3/b11-6-;. The summed E-state index contributed by atoms with van der Waals surface area (Å²) in [5, 5.41) is 1.19. The van der Waals surface area contributed by atoms with Gasteiger partial charge in [0.15, 0.2) is 0 Å². The Labute approximate surface area is 349 Å². The zero-order chi connectivity index (χ0) is 41.3. The van der Waals surface area contributed by atoms with Crippen LogP contribution < -0.4 is 4.90 Å². The molecule has 0 amide bonds. The molecule has 0 saturated carbocycles. The van der Waals surface area contributed by atoms with Gasteiger partial charge in [-0.15, -0.1) is 0 Å². The van der Waals surface area contributed by atoms with Crippen LogP contribution in [-0.4, -0.2) is 10.9 Å². The molecule has 7 aromatic carbocycles. The highest BCUT2D eigenvalue weighted by Gasteiger charge is 2.36. The van der Waals surface area contributed by atoms with Crippen molar-refractivity contribution in [1.29, 1.82) is 0 Å². The third-order valence-electron chi connectivity index (χ3n) is 11.6. The molecule has 59 heavy (non-hydrogen) atoms. The van der Waals surface area contributed by atoms with E-state index in [9.17, 15) is 4.79 Å². The maximum Gasteiger partial charge on any atom is 0.150 e. The van der Waals surface area contributed by atoms with Crippen molar-refractivity contribution in [3.05, 3.63) is 204 Å². The highest BCUT2D eigenvalue weighted by molar-refractivity contribution is 5.98. The van der Waals surface area contributed by atoms with Crippen LogP contribution in [0.4, 0.5) is 17.1 Å². The van der Waals surface area contributed by atoms with E-state index in [1.807, 2.05) is 32.1 Å². The van der Waals surface area contributed by atoms with Gasteiger partial charge in [-0.2, -0.15) is 0 Å². The molecule has 1 aromatic heterocycles. The Kier molecular flexibility index (Phi) is 10.6. The molecule has 0 aliphatic heterocycles. The highest BCUT2D eigenvalue weighted by Crippen LogP contribution is 2.51. The van der Waals surface area contributed by atoms with Crippen molar-refractivity contribution < 1.29 is 4.79 Å². The lowest BCUT2D eigenvalue weighted by atomic mass is 9.82. The van der Waals surface area contributed by atoms with E-state index in [-0.39, 0.29) is 5.41 Å². The Morgan fingerprint density at radius 1 is 0.610 bits per heavy atom. The number of hydrogen-bond acceptors (Lipinski definition) is 2. The van der Waals surface area contributed by atoms with E-state index in [1.165, 1.54) is 38.8 Å². The van der Waals surface area contributed by atoms with Crippen molar-refractivity contribution in [3.8, 4) is 39.1 Å². The number of fused-ring (bicyclic) bond motifs is 4. The Balaban J connectivity index is 0.00000238. The minimum atomic E-state index is -0.219. The lowest BCUT2D eigenvalue weighted by molar-refractivity contribution is 0.112. The van der Waals surface area contributed by atoms with Crippen LogP contribution in [0, 0.1) is 6.92 Å². The number of benzene rings is 7. The van der Waals surface area contributed by atoms with Gasteiger partial charge < -0.3 is 9.47 Å². The summed E-state index contributed by atoms with van der Waals surface area (Å²) in [6.45, 7) is 17.0. The van der Waals surface area contributed by atoms with Crippen molar-refractivity contribution in [1.82, 2.24) is 4.57 Å². The van der Waals surface area contributed by atoms with Crippen LogP contribution in [-0.2, 0) is 5.41 Å². The van der Waals surface area contributed by atoms with Crippen LogP contribution in [0.1, 0.15) is 72.9 Å². The van der Waals surface area contributed by atoms with Crippen LogP contribution in [0.3, 0.4) is 0 Å². The monoisotopic (exact) mass is 766 g/mol. The molecule has 0 saturated heterocycles. The number of allylic oxidation sites excluding steroid dienone is 1. The maximum atomic E-state index is 11.7. The number of aldehydes is 1. The van der Waals surface area contributed by atoms with Gasteiger partial charge in [0.05, 0.1) is 11.2 Å². The third-order valence-corrected chi connectivity index (χ3v) is 11.6. The number of rotatable bonds is 9. The molecule has 1 aliphatic carbocycles. The largest absolute Gasteiger partial charge is 0.310 e.